The molecule has 2 aromatic carbocycles. The van der Waals surface area contributed by atoms with Gasteiger partial charge in [-0.1, -0.05) is 60.2 Å². The first-order valence-electron chi connectivity index (χ1n) is 11.0. The Labute approximate surface area is 197 Å². The summed E-state index contributed by atoms with van der Waals surface area (Å²) < 4.78 is 6.29. The highest BCUT2D eigenvalue weighted by Gasteiger charge is 2.26. The topological polar surface area (TPSA) is 95.3 Å². The minimum Gasteiger partial charge on any atom is -0.462 e. The second-order valence-electron chi connectivity index (χ2n) is 7.83. The number of hydrogen-bond donors (Lipinski definition) is 1. The van der Waals surface area contributed by atoms with Crippen LogP contribution in [0.3, 0.4) is 0 Å². The molecule has 0 atom stereocenters. The van der Waals surface area contributed by atoms with E-state index in [1.807, 2.05) is 61.5 Å². The van der Waals surface area contributed by atoms with Crippen LogP contribution < -0.4 is 15.7 Å². The maximum Gasteiger partial charge on any atom is 0.346 e. The predicted octanol–water partition coefficient (Wildman–Crippen LogP) is 3.83. The van der Waals surface area contributed by atoms with Gasteiger partial charge in [-0.2, -0.15) is 0 Å². The number of rotatable bonds is 8. The number of aromatic nitrogens is 3. The van der Waals surface area contributed by atoms with Gasteiger partial charge in [0.05, 0.1) is 23.4 Å². The van der Waals surface area contributed by atoms with E-state index in [1.165, 1.54) is 6.33 Å². The molecule has 174 valence electrons. The number of nitrogens with one attached hydrogen (secondary N) is 1. The lowest BCUT2D eigenvalue weighted by Gasteiger charge is -2.18. The molecule has 0 fully saturated rings. The van der Waals surface area contributed by atoms with Crippen molar-refractivity contribution < 1.29 is 14.4 Å². The number of carbonyl (C=O) groups is 1. The van der Waals surface area contributed by atoms with Crippen LogP contribution in [-0.4, -0.2) is 27.3 Å². The molecule has 8 heteroatoms. The third-order valence-corrected chi connectivity index (χ3v) is 5.38. The zero-order valence-electron chi connectivity index (χ0n) is 19.4. The van der Waals surface area contributed by atoms with Gasteiger partial charge in [0.15, 0.2) is 11.2 Å². The molecule has 2 aromatic heterocycles. The van der Waals surface area contributed by atoms with Crippen molar-refractivity contribution >= 4 is 22.7 Å². The van der Waals surface area contributed by atoms with Crippen molar-refractivity contribution in [2.24, 2.45) is 0 Å². The largest absolute Gasteiger partial charge is 0.462 e. The summed E-state index contributed by atoms with van der Waals surface area (Å²) in [4.78, 5) is 41.0. The quantitative estimate of drug-likeness (QED) is 0.401. The van der Waals surface area contributed by atoms with E-state index in [2.05, 4.69) is 15.3 Å². The van der Waals surface area contributed by atoms with E-state index in [0.717, 1.165) is 21.4 Å². The summed E-state index contributed by atoms with van der Waals surface area (Å²) in [6.07, 6.45) is 1.37. The van der Waals surface area contributed by atoms with E-state index < -0.39 is 11.5 Å². The molecular weight excluding hydrogens is 432 g/mol. The Morgan fingerprint density at radius 3 is 2.44 bits per heavy atom. The molecule has 4 rings (SSSR count). The second-order valence-corrected chi connectivity index (χ2v) is 7.83. The predicted molar refractivity (Wildman–Crippen MR) is 130 cm³/mol. The maximum absolute atomic E-state index is 13.5. The van der Waals surface area contributed by atoms with Gasteiger partial charge in [-0.3, -0.25) is 4.79 Å². The van der Waals surface area contributed by atoms with Crippen LogP contribution >= 0.6 is 0 Å². The number of fused-ring (bicyclic) bond motifs is 1. The SMILES string of the molecule is CCOC(=O)c1c(NCc2ccc(C)cc2)c2c(C)ncnc2n(OCc2ccccc2)c1=O. The van der Waals surface area contributed by atoms with Crippen molar-refractivity contribution in [2.45, 2.75) is 33.9 Å². The van der Waals surface area contributed by atoms with Gasteiger partial charge >= 0.3 is 11.5 Å². The van der Waals surface area contributed by atoms with Gasteiger partial charge in [0, 0.05) is 6.54 Å². The molecule has 2 heterocycles. The van der Waals surface area contributed by atoms with Crippen molar-refractivity contribution in [3.05, 3.63) is 99.2 Å². The van der Waals surface area contributed by atoms with E-state index in [-0.39, 0.29) is 24.4 Å². The number of anilines is 1. The normalized spacial score (nSPS) is 10.8. The number of ether oxygens (including phenoxy) is 1. The van der Waals surface area contributed by atoms with Crippen LogP contribution in [0.1, 0.15) is 39.7 Å². The first kappa shape index (κ1) is 23.0. The highest BCUT2D eigenvalue weighted by atomic mass is 16.7. The average Bonchev–Trinajstić information content (AvgIpc) is 2.84. The fourth-order valence-corrected chi connectivity index (χ4v) is 3.64. The number of esters is 1. The Hall–Kier alpha value is -4.20. The molecule has 0 saturated heterocycles. The molecule has 0 unspecified atom stereocenters. The Morgan fingerprint density at radius 1 is 1.00 bits per heavy atom. The summed E-state index contributed by atoms with van der Waals surface area (Å²) >= 11 is 0. The van der Waals surface area contributed by atoms with E-state index in [0.29, 0.717) is 23.3 Å². The van der Waals surface area contributed by atoms with Gasteiger partial charge in [0.2, 0.25) is 0 Å². The van der Waals surface area contributed by atoms with Crippen molar-refractivity contribution in [3.63, 3.8) is 0 Å². The van der Waals surface area contributed by atoms with Crippen molar-refractivity contribution in [3.8, 4) is 0 Å². The summed E-state index contributed by atoms with van der Waals surface area (Å²) in [5.41, 5.74) is 3.41. The molecular formula is C26H26N4O4. The summed E-state index contributed by atoms with van der Waals surface area (Å²) in [5, 5.41) is 3.78. The van der Waals surface area contributed by atoms with E-state index in [9.17, 15) is 9.59 Å². The van der Waals surface area contributed by atoms with Crippen LogP contribution in [0.2, 0.25) is 0 Å². The average molecular weight is 459 g/mol. The van der Waals surface area contributed by atoms with Crippen LogP contribution in [0.25, 0.3) is 11.0 Å². The summed E-state index contributed by atoms with van der Waals surface area (Å²) in [5.74, 6) is -0.735. The van der Waals surface area contributed by atoms with Gasteiger partial charge in [-0.25, -0.2) is 14.8 Å². The fraction of sp³-hybridized carbons (Fsp3) is 0.231. The van der Waals surface area contributed by atoms with Gasteiger partial charge in [0.25, 0.3) is 0 Å². The van der Waals surface area contributed by atoms with Crippen molar-refractivity contribution in [1.29, 1.82) is 0 Å². The van der Waals surface area contributed by atoms with Crippen molar-refractivity contribution in [2.75, 3.05) is 11.9 Å². The molecule has 1 N–H and O–H groups in total. The Balaban J connectivity index is 1.85. The fourth-order valence-electron chi connectivity index (χ4n) is 3.64. The number of benzene rings is 2. The lowest BCUT2D eigenvalue weighted by molar-refractivity contribution is 0.0513. The Kier molecular flexibility index (Phi) is 6.87. The zero-order chi connectivity index (χ0) is 24.1. The van der Waals surface area contributed by atoms with Gasteiger partial charge in [0.1, 0.15) is 12.9 Å². The molecule has 34 heavy (non-hydrogen) atoms. The molecule has 0 aliphatic carbocycles. The monoisotopic (exact) mass is 458 g/mol. The highest BCUT2D eigenvalue weighted by Crippen LogP contribution is 2.27. The number of aryl methyl sites for hydroxylation is 2. The smallest absolute Gasteiger partial charge is 0.346 e. The van der Waals surface area contributed by atoms with Crippen LogP contribution in [-0.2, 0) is 17.9 Å². The van der Waals surface area contributed by atoms with Crippen molar-refractivity contribution in [1.82, 2.24) is 14.7 Å². The van der Waals surface area contributed by atoms with Gasteiger partial charge in [-0.15, -0.1) is 4.73 Å². The molecule has 0 amide bonds. The number of pyridine rings is 1. The van der Waals surface area contributed by atoms with E-state index in [1.54, 1.807) is 13.8 Å². The first-order valence-corrected chi connectivity index (χ1v) is 11.0. The van der Waals surface area contributed by atoms with Crippen LogP contribution in [0, 0.1) is 13.8 Å². The number of nitrogens with zero attached hydrogens (tertiary/aromatic N) is 3. The first-order chi connectivity index (χ1) is 16.5. The Morgan fingerprint density at radius 2 is 1.74 bits per heavy atom. The number of carbonyl (C=O) groups excluding carboxylic acids is 1. The van der Waals surface area contributed by atoms with Gasteiger partial charge < -0.3 is 14.9 Å². The lowest BCUT2D eigenvalue weighted by atomic mass is 10.1. The lowest BCUT2D eigenvalue weighted by Crippen LogP contribution is -2.34. The van der Waals surface area contributed by atoms with Crippen LogP contribution in [0.4, 0.5) is 5.69 Å². The van der Waals surface area contributed by atoms with E-state index in [4.69, 9.17) is 9.57 Å². The summed E-state index contributed by atoms with van der Waals surface area (Å²) in [6.45, 7) is 6.14. The molecule has 8 nitrogen and oxygen atoms in total. The van der Waals surface area contributed by atoms with E-state index >= 15 is 0 Å². The molecule has 0 radical (unpaired) electrons. The van der Waals surface area contributed by atoms with Crippen LogP contribution in [0.15, 0.2) is 65.7 Å². The summed E-state index contributed by atoms with van der Waals surface area (Å²) in [6, 6.07) is 17.4. The summed E-state index contributed by atoms with van der Waals surface area (Å²) in [7, 11) is 0. The standard InChI is InChI=1S/C26H26N4O4/c1-4-33-26(32)22-23(27-14-19-12-10-17(2)11-13-19)21-18(3)28-16-29-24(21)30(25(22)31)34-15-20-8-6-5-7-9-20/h5-13,16,27H,4,14-15H2,1-3H3. The van der Waals surface area contributed by atoms with Crippen LogP contribution in [0.5, 0.6) is 0 Å². The molecule has 0 saturated carbocycles. The Bertz CT molecular complexity index is 1370. The minimum atomic E-state index is -0.735. The highest BCUT2D eigenvalue weighted by molar-refractivity contribution is 6.04. The van der Waals surface area contributed by atoms with Gasteiger partial charge in [-0.05, 0) is 31.9 Å². The molecule has 0 aliphatic heterocycles. The minimum absolute atomic E-state index is 0.122. The molecule has 0 aliphatic rings. The third-order valence-electron chi connectivity index (χ3n) is 5.38. The molecule has 0 bridgehead atoms. The second kappa shape index (κ2) is 10.2. The molecule has 4 aromatic rings. The number of hydrogen-bond acceptors (Lipinski definition) is 7. The maximum atomic E-state index is 13.5. The zero-order valence-corrected chi connectivity index (χ0v) is 19.4. The third kappa shape index (κ3) is 4.76. The molecule has 0 spiro atoms.